The van der Waals surface area contributed by atoms with Crippen molar-refractivity contribution in [2.45, 2.75) is 13.1 Å². The number of ether oxygens (including phenoxy) is 1. The summed E-state index contributed by atoms with van der Waals surface area (Å²) in [5.41, 5.74) is 2.71. The smallest absolute Gasteiger partial charge is 0.251 e. The quantitative estimate of drug-likeness (QED) is 0.759. The molecule has 0 saturated carbocycles. The van der Waals surface area contributed by atoms with Gasteiger partial charge >= 0.3 is 0 Å². The van der Waals surface area contributed by atoms with Crippen LogP contribution in [0.3, 0.4) is 0 Å². The van der Waals surface area contributed by atoms with E-state index in [9.17, 15) is 4.79 Å². The molecule has 24 heavy (non-hydrogen) atoms. The third-order valence-corrected chi connectivity index (χ3v) is 3.71. The number of carbonyl (C=O) groups is 1. The average molecular weight is 321 g/mol. The molecule has 0 fully saturated rings. The van der Waals surface area contributed by atoms with E-state index in [0.29, 0.717) is 18.7 Å². The SMILES string of the molecule is COc1ccc(CNC(=O)c2cccc(Cn3cccn3)c2)cc1. The molecule has 122 valence electrons. The lowest BCUT2D eigenvalue weighted by Crippen LogP contribution is -2.22. The monoisotopic (exact) mass is 321 g/mol. The second kappa shape index (κ2) is 7.46. The van der Waals surface area contributed by atoms with Gasteiger partial charge in [0.25, 0.3) is 5.91 Å². The zero-order valence-electron chi connectivity index (χ0n) is 13.5. The Morgan fingerprint density at radius 3 is 2.67 bits per heavy atom. The van der Waals surface area contributed by atoms with Crippen molar-refractivity contribution in [2.75, 3.05) is 7.11 Å². The highest BCUT2D eigenvalue weighted by molar-refractivity contribution is 5.94. The maximum atomic E-state index is 12.3. The van der Waals surface area contributed by atoms with Crippen molar-refractivity contribution in [2.24, 2.45) is 0 Å². The number of benzene rings is 2. The first-order chi connectivity index (χ1) is 11.7. The van der Waals surface area contributed by atoms with Crippen LogP contribution in [0, 0.1) is 0 Å². The summed E-state index contributed by atoms with van der Waals surface area (Å²) in [5, 5.41) is 7.12. The molecule has 0 aliphatic carbocycles. The Labute approximate surface area is 140 Å². The first-order valence-corrected chi connectivity index (χ1v) is 7.72. The first-order valence-electron chi connectivity index (χ1n) is 7.72. The number of nitrogens with one attached hydrogen (secondary N) is 1. The van der Waals surface area contributed by atoms with Gasteiger partial charge in [0.2, 0.25) is 0 Å². The summed E-state index contributed by atoms with van der Waals surface area (Å²) < 4.78 is 6.95. The summed E-state index contributed by atoms with van der Waals surface area (Å²) in [4.78, 5) is 12.3. The summed E-state index contributed by atoms with van der Waals surface area (Å²) in [6.07, 6.45) is 3.64. The van der Waals surface area contributed by atoms with E-state index in [2.05, 4.69) is 10.4 Å². The largest absolute Gasteiger partial charge is 0.497 e. The third kappa shape index (κ3) is 4.01. The number of methoxy groups -OCH3 is 1. The summed E-state index contributed by atoms with van der Waals surface area (Å²) in [7, 11) is 1.63. The summed E-state index contributed by atoms with van der Waals surface area (Å²) in [5.74, 6) is 0.713. The van der Waals surface area contributed by atoms with E-state index in [-0.39, 0.29) is 5.91 Å². The minimum absolute atomic E-state index is 0.0897. The molecule has 0 bridgehead atoms. The van der Waals surface area contributed by atoms with Crippen LogP contribution in [0.25, 0.3) is 0 Å². The molecule has 0 aliphatic rings. The predicted octanol–water partition coefficient (Wildman–Crippen LogP) is 2.87. The molecule has 1 heterocycles. The van der Waals surface area contributed by atoms with E-state index in [0.717, 1.165) is 16.9 Å². The maximum absolute atomic E-state index is 12.3. The van der Waals surface area contributed by atoms with Crippen molar-refractivity contribution in [1.29, 1.82) is 0 Å². The lowest BCUT2D eigenvalue weighted by Gasteiger charge is -2.08. The first kappa shape index (κ1) is 15.8. The Morgan fingerprint density at radius 1 is 1.12 bits per heavy atom. The fourth-order valence-corrected chi connectivity index (χ4v) is 2.42. The summed E-state index contributed by atoms with van der Waals surface area (Å²) in [6.45, 7) is 1.12. The number of carbonyl (C=O) groups excluding carboxylic acids is 1. The zero-order chi connectivity index (χ0) is 16.8. The van der Waals surface area contributed by atoms with Crippen molar-refractivity contribution < 1.29 is 9.53 Å². The van der Waals surface area contributed by atoms with Crippen LogP contribution in [-0.2, 0) is 13.1 Å². The van der Waals surface area contributed by atoms with E-state index in [1.165, 1.54) is 0 Å². The molecule has 1 N–H and O–H groups in total. The molecular formula is C19H19N3O2. The van der Waals surface area contributed by atoms with Gasteiger partial charge in [-0.1, -0.05) is 24.3 Å². The highest BCUT2D eigenvalue weighted by Crippen LogP contribution is 2.12. The van der Waals surface area contributed by atoms with Crippen LogP contribution < -0.4 is 10.1 Å². The van der Waals surface area contributed by atoms with Gasteiger partial charge in [0.1, 0.15) is 5.75 Å². The predicted molar refractivity (Wildman–Crippen MR) is 91.9 cm³/mol. The molecule has 5 heteroatoms. The van der Waals surface area contributed by atoms with Crippen LogP contribution in [0.1, 0.15) is 21.5 Å². The van der Waals surface area contributed by atoms with E-state index >= 15 is 0 Å². The van der Waals surface area contributed by atoms with Crippen molar-refractivity contribution in [3.8, 4) is 5.75 Å². The number of aromatic nitrogens is 2. The third-order valence-electron chi connectivity index (χ3n) is 3.71. The standard InChI is InChI=1S/C19H19N3O2/c1-24-18-8-6-15(7-9-18)13-20-19(23)17-5-2-4-16(12-17)14-22-11-3-10-21-22/h2-12H,13-14H2,1H3,(H,20,23). The fraction of sp³-hybridized carbons (Fsp3) is 0.158. The number of amides is 1. The van der Waals surface area contributed by atoms with Gasteiger partial charge in [0.05, 0.1) is 13.7 Å². The molecule has 2 aromatic carbocycles. The Morgan fingerprint density at radius 2 is 1.96 bits per heavy atom. The fourth-order valence-electron chi connectivity index (χ4n) is 2.42. The Bertz CT molecular complexity index is 796. The van der Waals surface area contributed by atoms with Gasteiger partial charge in [0, 0.05) is 24.5 Å². The van der Waals surface area contributed by atoms with Gasteiger partial charge in [-0.15, -0.1) is 0 Å². The average Bonchev–Trinajstić information content (AvgIpc) is 3.13. The van der Waals surface area contributed by atoms with Crippen LogP contribution in [-0.4, -0.2) is 22.8 Å². The summed E-state index contributed by atoms with van der Waals surface area (Å²) in [6, 6.07) is 17.1. The Hall–Kier alpha value is -3.08. The van der Waals surface area contributed by atoms with Gasteiger partial charge in [-0.05, 0) is 41.5 Å². The van der Waals surface area contributed by atoms with Crippen LogP contribution in [0.15, 0.2) is 67.0 Å². The molecule has 0 radical (unpaired) electrons. The summed E-state index contributed by atoms with van der Waals surface area (Å²) >= 11 is 0. The maximum Gasteiger partial charge on any atom is 0.251 e. The van der Waals surface area contributed by atoms with E-state index in [1.54, 1.807) is 13.3 Å². The highest BCUT2D eigenvalue weighted by atomic mass is 16.5. The van der Waals surface area contributed by atoms with Gasteiger partial charge in [-0.25, -0.2) is 0 Å². The Kier molecular flexibility index (Phi) is 4.91. The molecular weight excluding hydrogens is 302 g/mol. The molecule has 0 atom stereocenters. The normalized spacial score (nSPS) is 10.4. The lowest BCUT2D eigenvalue weighted by molar-refractivity contribution is 0.0951. The highest BCUT2D eigenvalue weighted by Gasteiger charge is 2.06. The number of nitrogens with zero attached hydrogens (tertiary/aromatic N) is 2. The molecule has 0 saturated heterocycles. The van der Waals surface area contributed by atoms with Gasteiger partial charge < -0.3 is 10.1 Å². The molecule has 5 nitrogen and oxygen atoms in total. The molecule has 3 rings (SSSR count). The molecule has 0 aliphatic heterocycles. The van der Waals surface area contributed by atoms with Crippen LogP contribution >= 0.6 is 0 Å². The molecule has 0 unspecified atom stereocenters. The second-order valence-corrected chi connectivity index (χ2v) is 5.43. The topological polar surface area (TPSA) is 56.1 Å². The van der Waals surface area contributed by atoms with Crippen LogP contribution in [0.5, 0.6) is 5.75 Å². The molecule has 1 amide bonds. The van der Waals surface area contributed by atoms with Crippen molar-refractivity contribution >= 4 is 5.91 Å². The van der Waals surface area contributed by atoms with Crippen LogP contribution in [0.2, 0.25) is 0 Å². The van der Waals surface area contributed by atoms with Crippen molar-refractivity contribution in [3.63, 3.8) is 0 Å². The lowest BCUT2D eigenvalue weighted by atomic mass is 10.1. The molecule has 1 aromatic heterocycles. The van der Waals surface area contributed by atoms with Gasteiger partial charge in [0.15, 0.2) is 0 Å². The minimum atomic E-state index is -0.0897. The van der Waals surface area contributed by atoms with E-state index in [4.69, 9.17) is 4.74 Å². The Balaban J connectivity index is 1.61. The molecule has 0 spiro atoms. The zero-order valence-corrected chi connectivity index (χ0v) is 13.5. The van der Waals surface area contributed by atoms with Gasteiger partial charge in [-0.3, -0.25) is 9.48 Å². The van der Waals surface area contributed by atoms with Crippen molar-refractivity contribution in [3.05, 3.63) is 83.7 Å². The number of rotatable bonds is 6. The molecule has 3 aromatic rings. The van der Waals surface area contributed by atoms with Gasteiger partial charge in [-0.2, -0.15) is 5.10 Å². The van der Waals surface area contributed by atoms with E-state index < -0.39 is 0 Å². The van der Waals surface area contributed by atoms with Crippen LogP contribution in [0.4, 0.5) is 0 Å². The number of hydrogen-bond donors (Lipinski definition) is 1. The minimum Gasteiger partial charge on any atom is -0.497 e. The van der Waals surface area contributed by atoms with Crippen molar-refractivity contribution in [1.82, 2.24) is 15.1 Å². The number of hydrogen-bond acceptors (Lipinski definition) is 3. The second-order valence-electron chi connectivity index (χ2n) is 5.43. The van der Waals surface area contributed by atoms with E-state index in [1.807, 2.05) is 65.5 Å².